The summed E-state index contributed by atoms with van der Waals surface area (Å²) in [7, 11) is 1.73. The number of ether oxygens (including phenoxy) is 1. The van der Waals surface area contributed by atoms with E-state index in [0.717, 1.165) is 0 Å². The summed E-state index contributed by atoms with van der Waals surface area (Å²) in [5, 5.41) is 0. The quantitative estimate of drug-likeness (QED) is 0.780. The fourth-order valence-corrected chi connectivity index (χ4v) is 3.60. The molecule has 0 bridgehead atoms. The third-order valence-corrected chi connectivity index (χ3v) is 4.36. The topological polar surface area (TPSA) is 79.0 Å². The van der Waals surface area contributed by atoms with Crippen LogP contribution in [0.4, 0.5) is 4.79 Å². The van der Waals surface area contributed by atoms with Crippen LogP contribution in [0.3, 0.4) is 0 Å². The van der Waals surface area contributed by atoms with E-state index in [-0.39, 0.29) is 6.03 Å². The second-order valence-corrected chi connectivity index (χ2v) is 7.31. The summed E-state index contributed by atoms with van der Waals surface area (Å²) in [6.45, 7) is 1.58. The van der Waals surface area contributed by atoms with Crippen LogP contribution in [0.15, 0.2) is 0 Å². The predicted molar refractivity (Wildman–Crippen MR) is 77.1 cm³/mol. The number of sulfonamides is 1. The van der Waals surface area contributed by atoms with E-state index < -0.39 is 15.6 Å². The zero-order chi connectivity index (χ0) is 15.4. The van der Waals surface area contributed by atoms with Crippen molar-refractivity contribution < 1.29 is 17.9 Å². The Kier molecular flexibility index (Phi) is 5.79. The van der Waals surface area contributed by atoms with Crippen LogP contribution in [0.1, 0.15) is 19.3 Å². The molecule has 1 aliphatic rings. The van der Waals surface area contributed by atoms with Gasteiger partial charge in [-0.25, -0.2) is 17.9 Å². The number of carbonyl (C=O) groups is 1. The third kappa shape index (κ3) is 4.92. The minimum atomic E-state index is -3.29. The molecule has 0 unspecified atom stereocenters. The van der Waals surface area contributed by atoms with Crippen LogP contribution in [-0.4, -0.2) is 76.9 Å². The fourth-order valence-electron chi connectivity index (χ4n) is 2.50. The molecule has 20 heavy (non-hydrogen) atoms. The Balaban J connectivity index is 2.73. The molecule has 118 valence electrons. The molecular formula is C12H25N3O4S. The largest absolute Gasteiger partial charge is 0.385 e. The number of methoxy groups -OCH3 is 1. The number of urea groups is 1. The molecule has 8 heteroatoms. The summed E-state index contributed by atoms with van der Waals surface area (Å²) in [5.41, 5.74) is -0.507. The van der Waals surface area contributed by atoms with E-state index in [1.165, 1.54) is 11.2 Å². The Hall–Kier alpha value is -0.860. The molecule has 1 rings (SSSR count). The highest BCUT2D eigenvalue weighted by atomic mass is 32.2. The number of carbonyl (C=O) groups excluding carboxylic acids is 1. The summed E-state index contributed by atoms with van der Waals surface area (Å²) >= 11 is 0. The number of hydrogen-bond acceptors (Lipinski definition) is 4. The highest BCUT2D eigenvalue weighted by molar-refractivity contribution is 7.88. The monoisotopic (exact) mass is 307 g/mol. The van der Waals surface area contributed by atoms with Crippen LogP contribution in [0.25, 0.3) is 0 Å². The number of amides is 2. The molecular weight excluding hydrogens is 282 g/mol. The van der Waals surface area contributed by atoms with Gasteiger partial charge in [0.25, 0.3) is 0 Å². The molecule has 0 saturated carbocycles. The van der Waals surface area contributed by atoms with Crippen LogP contribution < -0.4 is 4.72 Å². The van der Waals surface area contributed by atoms with Crippen molar-refractivity contribution in [3.05, 3.63) is 0 Å². The van der Waals surface area contributed by atoms with Crippen LogP contribution >= 0.6 is 0 Å². The molecule has 0 aliphatic carbocycles. The summed E-state index contributed by atoms with van der Waals surface area (Å²) < 4.78 is 30.9. The Bertz CT molecular complexity index is 428. The van der Waals surface area contributed by atoms with E-state index in [9.17, 15) is 13.2 Å². The maximum absolute atomic E-state index is 11.9. The second-order valence-electron chi connectivity index (χ2n) is 5.56. The third-order valence-electron chi connectivity index (χ3n) is 3.56. The molecule has 1 saturated heterocycles. The number of hydrogen-bond donors (Lipinski definition) is 1. The maximum atomic E-state index is 11.9. The van der Waals surface area contributed by atoms with Crippen molar-refractivity contribution in [2.24, 2.45) is 0 Å². The maximum Gasteiger partial charge on any atom is 0.319 e. The van der Waals surface area contributed by atoms with Crippen molar-refractivity contribution in [1.29, 1.82) is 0 Å². The average Bonchev–Trinajstić information content (AvgIpc) is 2.34. The van der Waals surface area contributed by atoms with Gasteiger partial charge >= 0.3 is 6.03 Å². The first kappa shape index (κ1) is 17.2. The van der Waals surface area contributed by atoms with E-state index >= 15 is 0 Å². The predicted octanol–water partition coefficient (Wildman–Crippen LogP) is 0.0883. The van der Waals surface area contributed by atoms with Gasteiger partial charge in [-0.3, -0.25) is 0 Å². The van der Waals surface area contributed by atoms with Gasteiger partial charge in [-0.1, -0.05) is 0 Å². The van der Waals surface area contributed by atoms with Gasteiger partial charge in [-0.2, -0.15) is 0 Å². The number of nitrogens with one attached hydrogen (secondary N) is 1. The number of likely N-dealkylation sites (tertiary alicyclic amines) is 1. The molecule has 0 radical (unpaired) electrons. The Labute approximate surface area is 121 Å². The first-order chi connectivity index (χ1) is 9.19. The van der Waals surface area contributed by atoms with Crippen molar-refractivity contribution in [1.82, 2.24) is 14.5 Å². The van der Waals surface area contributed by atoms with E-state index in [1.54, 1.807) is 26.1 Å². The van der Waals surface area contributed by atoms with Crippen molar-refractivity contribution in [3.63, 3.8) is 0 Å². The summed E-state index contributed by atoms with van der Waals surface area (Å²) in [4.78, 5) is 15.2. The van der Waals surface area contributed by atoms with Gasteiger partial charge in [0.05, 0.1) is 6.26 Å². The minimum absolute atomic E-state index is 0.0373. The molecule has 1 aliphatic heterocycles. The first-order valence-electron chi connectivity index (χ1n) is 6.63. The van der Waals surface area contributed by atoms with Gasteiger partial charge < -0.3 is 14.5 Å². The first-order valence-corrected chi connectivity index (χ1v) is 8.52. The van der Waals surface area contributed by atoms with Gasteiger partial charge in [0.2, 0.25) is 10.0 Å². The molecule has 2 amide bonds. The van der Waals surface area contributed by atoms with Gasteiger partial charge in [0.1, 0.15) is 0 Å². The lowest BCUT2D eigenvalue weighted by atomic mass is 9.86. The number of piperidine rings is 1. The van der Waals surface area contributed by atoms with E-state index in [4.69, 9.17) is 4.74 Å². The fraction of sp³-hybridized carbons (Fsp3) is 0.917. The second kappa shape index (κ2) is 6.73. The number of nitrogens with zero attached hydrogens (tertiary/aromatic N) is 2. The minimum Gasteiger partial charge on any atom is -0.385 e. The molecule has 0 aromatic rings. The molecule has 0 atom stereocenters. The van der Waals surface area contributed by atoms with Gasteiger partial charge in [0.15, 0.2) is 0 Å². The molecule has 7 nitrogen and oxygen atoms in total. The van der Waals surface area contributed by atoms with Gasteiger partial charge in [-0.05, 0) is 19.3 Å². The zero-order valence-corrected chi connectivity index (χ0v) is 13.5. The van der Waals surface area contributed by atoms with Crippen LogP contribution in [-0.2, 0) is 14.8 Å². The Morgan fingerprint density at radius 2 is 1.90 bits per heavy atom. The molecule has 1 N–H and O–H groups in total. The smallest absolute Gasteiger partial charge is 0.319 e. The standard InChI is InChI=1S/C12H25N3O4S/c1-14(2)11(16)15-8-5-12(6-9-15,7-10-19-3)13-20(4,17)18/h13H,5-10H2,1-4H3. The lowest BCUT2D eigenvalue weighted by molar-refractivity contribution is 0.107. The molecule has 0 aromatic heterocycles. The molecule has 0 spiro atoms. The normalized spacial score (nSPS) is 18.9. The lowest BCUT2D eigenvalue weighted by Crippen LogP contribution is -2.57. The van der Waals surface area contributed by atoms with Crippen molar-refractivity contribution in [3.8, 4) is 0 Å². The summed E-state index contributed by atoms with van der Waals surface area (Å²) in [6, 6.07) is -0.0373. The average molecular weight is 307 g/mol. The highest BCUT2D eigenvalue weighted by Crippen LogP contribution is 2.27. The van der Waals surface area contributed by atoms with Crippen molar-refractivity contribution in [2.45, 2.75) is 24.8 Å². The Morgan fingerprint density at radius 3 is 2.30 bits per heavy atom. The van der Waals surface area contributed by atoms with Crippen LogP contribution in [0.2, 0.25) is 0 Å². The molecule has 1 fully saturated rings. The number of rotatable bonds is 5. The zero-order valence-electron chi connectivity index (χ0n) is 12.7. The summed E-state index contributed by atoms with van der Waals surface area (Å²) in [6.07, 6.45) is 2.98. The molecule has 1 heterocycles. The van der Waals surface area contributed by atoms with Crippen LogP contribution in [0, 0.1) is 0 Å². The van der Waals surface area contributed by atoms with E-state index in [2.05, 4.69) is 4.72 Å². The SMILES string of the molecule is COCCC1(NS(C)(=O)=O)CCN(C(=O)N(C)C)CC1. The highest BCUT2D eigenvalue weighted by Gasteiger charge is 2.38. The van der Waals surface area contributed by atoms with E-state index in [1.807, 2.05) is 0 Å². The lowest BCUT2D eigenvalue weighted by Gasteiger charge is -2.42. The Morgan fingerprint density at radius 1 is 1.35 bits per heavy atom. The van der Waals surface area contributed by atoms with Gasteiger partial charge in [0, 0.05) is 46.4 Å². The molecule has 0 aromatic carbocycles. The van der Waals surface area contributed by atoms with E-state index in [0.29, 0.717) is 39.0 Å². The van der Waals surface area contributed by atoms with Crippen molar-refractivity contribution in [2.75, 3.05) is 47.2 Å². The summed E-state index contributed by atoms with van der Waals surface area (Å²) in [5.74, 6) is 0. The van der Waals surface area contributed by atoms with Crippen LogP contribution in [0.5, 0.6) is 0 Å². The van der Waals surface area contributed by atoms with Gasteiger partial charge in [-0.15, -0.1) is 0 Å². The van der Waals surface area contributed by atoms with Crippen molar-refractivity contribution >= 4 is 16.1 Å².